The van der Waals surface area contributed by atoms with Crippen molar-refractivity contribution in [2.75, 3.05) is 6.54 Å². The number of carbonyl (C=O) groups is 1. The molecule has 1 aliphatic heterocycles. The fourth-order valence-electron chi connectivity index (χ4n) is 2.29. The molecule has 0 aliphatic carbocycles. The molecule has 2 atom stereocenters. The lowest BCUT2D eigenvalue weighted by molar-refractivity contribution is -0.184. The van der Waals surface area contributed by atoms with Crippen LogP contribution in [0.4, 0.5) is 4.79 Å². The summed E-state index contributed by atoms with van der Waals surface area (Å²) in [5.74, 6) is 0. The summed E-state index contributed by atoms with van der Waals surface area (Å²) in [7, 11) is -3.69. The van der Waals surface area contributed by atoms with Crippen LogP contribution < -0.4 is 4.72 Å². The van der Waals surface area contributed by atoms with E-state index < -0.39 is 27.8 Å². The number of ether oxygens (including phenoxy) is 1. The first kappa shape index (κ1) is 20.4. The number of carbonyl (C=O) groups excluding carboxylic acids is 1. The smallest absolute Gasteiger partial charge is 0.435 e. The predicted molar refractivity (Wildman–Crippen MR) is 97.9 cm³/mol. The predicted octanol–water partition coefficient (Wildman–Crippen LogP) is 2.77. The molecule has 0 spiro atoms. The van der Waals surface area contributed by atoms with Gasteiger partial charge in [-0.2, -0.15) is 5.06 Å². The molecule has 0 saturated heterocycles. The van der Waals surface area contributed by atoms with E-state index in [4.69, 9.17) is 9.57 Å². The Hall–Kier alpha value is -1.90. The summed E-state index contributed by atoms with van der Waals surface area (Å²) in [6, 6.07) is 5.93. The van der Waals surface area contributed by atoms with Gasteiger partial charge in [-0.15, -0.1) is 0 Å². The molecule has 1 aromatic carbocycles. The molecule has 0 fully saturated rings. The van der Waals surface area contributed by atoms with Gasteiger partial charge in [-0.3, -0.25) is 4.84 Å². The van der Waals surface area contributed by atoms with Crippen molar-refractivity contribution in [3.8, 4) is 0 Å². The van der Waals surface area contributed by atoms with Crippen LogP contribution >= 0.6 is 0 Å². The van der Waals surface area contributed by atoms with Crippen LogP contribution in [-0.4, -0.2) is 43.9 Å². The number of nitrogens with zero attached hydrogens (tertiary/aromatic N) is 1. The van der Waals surface area contributed by atoms with Crippen LogP contribution in [0, 0.1) is 6.92 Å². The van der Waals surface area contributed by atoms with Gasteiger partial charge in [-0.25, -0.2) is 17.9 Å². The number of amides is 1. The fraction of sp³-hybridized carbons (Fsp3) is 0.500. The third-order valence-corrected chi connectivity index (χ3v) is 5.01. The summed E-state index contributed by atoms with van der Waals surface area (Å²) in [5, 5.41) is 1.08. The quantitative estimate of drug-likeness (QED) is 0.810. The summed E-state index contributed by atoms with van der Waals surface area (Å²) < 4.78 is 32.7. The van der Waals surface area contributed by atoms with E-state index >= 15 is 0 Å². The van der Waals surface area contributed by atoms with Crippen LogP contribution in [0.5, 0.6) is 0 Å². The molecule has 26 heavy (non-hydrogen) atoms. The highest BCUT2D eigenvalue weighted by molar-refractivity contribution is 7.89. The van der Waals surface area contributed by atoms with Gasteiger partial charge >= 0.3 is 6.09 Å². The second-order valence-corrected chi connectivity index (χ2v) is 9.00. The molecule has 0 aromatic heterocycles. The highest BCUT2D eigenvalue weighted by Crippen LogP contribution is 2.19. The van der Waals surface area contributed by atoms with Crippen molar-refractivity contribution in [2.45, 2.75) is 57.3 Å². The Morgan fingerprint density at radius 2 is 1.85 bits per heavy atom. The van der Waals surface area contributed by atoms with E-state index in [2.05, 4.69) is 4.72 Å². The minimum absolute atomic E-state index is 0.0291. The number of rotatable bonds is 4. The third kappa shape index (κ3) is 5.55. The average Bonchev–Trinajstić information content (AvgIpc) is 2.52. The lowest BCUT2D eigenvalue weighted by Crippen LogP contribution is -2.50. The summed E-state index contributed by atoms with van der Waals surface area (Å²) in [6.45, 7) is 8.89. The van der Waals surface area contributed by atoms with Gasteiger partial charge in [-0.1, -0.05) is 29.8 Å². The highest BCUT2D eigenvalue weighted by Gasteiger charge is 2.32. The van der Waals surface area contributed by atoms with E-state index in [1.165, 1.54) is 0 Å². The van der Waals surface area contributed by atoms with Gasteiger partial charge in [0.1, 0.15) is 11.7 Å². The molecular weight excluding hydrogens is 356 g/mol. The Balaban J connectivity index is 2.11. The number of nitrogens with one attached hydrogen (secondary N) is 1. The lowest BCUT2D eigenvalue weighted by Gasteiger charge is -2.35. The molecule has 0 saturated carbocycles. The zero-order valence-corrected chi connectivity index (χ0v) is 16.5. The molecular formula is C18H26N2O5S. The van der Waals surface area contributed by atoms with Crippen LogP contribution in [0.1, 0.15) is 33.3 Å². The fourth-order valence-corrected chi connectivity index (χ4v) is 3.34. The Morgan fingerprint density at radius 1 is 1.23 bits per heavy atom. The van der Waals surface area contributed by atoms with Gasteiger partial charge in [-0.05, 0) is 46.8 Å². The maximum absolute atomic E-state index is 12.4. The van der Waals surface area contributed by atoms with E-state index in [0.717, 1.165) is 10.6 Å². The second kappa shape index (κ2) is 7.77. The molecule has 144 valence electrons. The number of sulfonamides is 1. The normalized spacial score (nSPS) is 20.9. The molecule has 7 nitrogen and oxygen atoms in total. The average molecular weight is 382 g/mol. The monoisotopic (exact) mass is 382 g/mol. The zero-order valence-electron chi connectivity index (χ0n) is 15.7. The third-order valence-electron chi connectivity index (χ3n) is 3.57. The SMILES string of the molecule is Cc1ccc(S(=O)(=O)NC[C@H]2C=C[C@@H](C)ON2C(=O)OC(C)(C)C)cc1. The van der Waals surface area contributed by atoms with Crippen molar-refractivity contribution >= 4 is 16.1 Å². The second-order valence-electron chi connectivity index (χ2n) is 7.23. The van der Waals surface area contributed by atoms with Crippen molar-refractivity contribution in [1.82, 2.24) is 9.79 Å². The lowest BCUT2D eigenvalue weighted by atomic mass is 10.2. The number of aryl methyl sites for hydroxylation is 1. The highest BCUT2D eigenvalue weighted by atomic mass is 32.2. The van der Waals surface area contributed by atoms with Crippen LogP contribution in [-0.2, 0) is 19.6 Å². The first-order valence-electron chi connectivity index (χ1n) is 8.41. The topological polar surface area (TPSA) is 84.9 Å². The van der Waals surface area contributed by atoms with E-state index in [0.29, 0.717) is 0 Å². The van der Waals surface area contributed by atoms with Crippen molar-refractivity contribution < 1.29 is 22.8 Å². The Labute approximate surface area is 155 Å². The first-order chi connectivity index (χ1) is 12.0. The summed E-state index contributed by atoms with van der Waals surface area (Å²) >= 11 is 0. The summed E-state index contributed by atoms with van der Waals surface area (Å²) in [4.78, 5) is 18.1. The Bertz CT molecular complexity index is 766. The minimum atomic E-state index is -3.69. The first-order valence-corrected chi connectivity index (χ1v) is 9.90. The molecule has 0 bridgehead atoms. The van der Waals surface area contributed by atoms with Gasteiger partial charge in [0.25, 0.3) is 0 Å². The maximum Gasteiger partial charge on any atom is 0.435 e. The zero-order chi connectivity index (χ0) is 19.5. The van der Waals surface area contributed by atoms with Gasteiger partial charge in [0.15, 0.2) is 0 Å². The molecule has 1 N–H and O–H groups in total. The van der Waals surface area contributed by atoms with Gasteiger partial charge < -0.3 is 4.74 Å². The van der Waals surface area contributed by atoms with Crippen molar-refractivity contribution in [2.24, 2.45) is 0 Å². The molecule has 0 unspecified atom stereocenters. The molecule has 1 aromatic rings. The molecule has 0 radical (unpaired) electrons. The maximum atomic E-state index is 12.4. The number of hydroxylamine groups is 2. The van der Waals surface area contributed by atoms with Gasteiger partial charge in [0.05, 0.1) is 10.9 Å². The molecule has 2 rings (SSSR count). The van der Waals surface area contributed by atoms with Gasteiger partial charge in [0.2, 0.25) is 10.0 Å². The molecule has 1 aliphatic rings. The van der Waals surface area contributed by atoms with Crippen molar-refractivity contribution in [3.05, 3.63) is 42.0 Å². The molecule has 8 heteroatoms. The van der Waals surface area contributed by atoms with Crippen molar-refractivity contribution in [1.29, 1.82) is 0 Å². The summed E-state index contributed by atoms with van der Waals surface area (Å²) in [6.07, 6.45) is 2.53. The molecule has 1 amide bonds. The van der Waals surface area contributed by atoms with Gasteiger partial charge in [0, 0.05) is 6.54 Å². The van der Waals surface area contributed by atoms with E-state index in [1.807, 2.05) is 6.92 Å². The van der Waals surface area contributed by atoms with Crippen LogP contribution in [0.15, 0.2) is 41.3 Å². The van der Waals surface area contributed by atoms with Crippen molar-refractivity contribution in [3.63, 3.8) is 0 Å². The number of hydrogen-bond acceptors (Lipinski definition) is 5. The Morgan fingerprint density at radius 3 is 2.42 bits per heavy atom. The number of hydrogen-bond donors (Lipinski definition) is 1. The Kier molecular flexibility index (Phi) is 6.10. The van der Waals surface area contributed by atoms with Crippen LogP contribution in [0.3, 0.4) is 0 Å². The standard InChI is InChI=1S/C18H26N2O5S/c1-13-6-10-16(11-7-13)26(22,23)19-12-15-9-8-14(2)25-20(15)17(21)24-18(3,4)5/h6-11,14-15,19H,12H2,1-5H3/t14-,15-/m1/s1. The van der Waals surface area contributed by atoms with E-state index in [1.54, 1.807) is 64.1 Å². The van der Waals surface area contributed by atoms with Crippen LogP contribution in [0.2, 0.25) is 0 Å². The summed E-state index contributed by atoms with van der Waals surface area (Å²) in [5.41, 5.74) is 0.286. The number of benzene rings is 1. The molecule has 1 heterocycles. The van der Waals surface area contributed by atoms with E-state index in [9.17, 15) is 13.2 Å². The van der Waals surface area contributed by atoms with Crippen LogP contribution in [0.25, 0.3) is 0 Å². The van der Waals surface area contributed by atoms with E-state index in [-0.39, 0.29) is 17.5 Å². The minimum Gasteiger partial charge on any atom is -0.442 e. The largest absolute Gasteiger partial charge is 0.442 e.